The number of nitrogen functional groups attached to an aromatic ring is 1. The third kappa shape index (κ3) is 5.21. The highest BCUT2D eigenvalue weighted by atomic mass is 19.1. The lowest BCUT2D eigenvalue weighted by molar-refractivity contribution is 0.626. The van der Waals surface area contributed by atoms with Crippen molar-refractivity contribution in [3.63, 3.8) is 0 Å². The first kappa shape index (κ1) is 17.2. The zero-order valence-electron chi connectivity index (χ0n) is 13.7. The molecule has 9 heteroatoms. The number of halogens is 1. The Morgan fingerprint density at radius 2 is 1.69 bits per heavy atom. The first-order valence-corrected chi connectivity index (χ1v) is 7.78. The van der Waals surface area contributed by atoms with Gasteiger partial charge in [-0.05, 0) is 23.3 Å². The number of hydrogen-bond acceptors (Lipinski definition) is 8. The van der Waals surface area contributed by atoms with Gasteiger partial charge in [-0.15, -0.1) is 0 Å². The van der Waals surface area contributed by atoms with Crippen LogP contribution in [0, 0.1) is 5.82 Å². The minimum absolute atomic E-state index is 0.0449. The Balaban J connectivity index is 1.56. The maximum absolute atomic E-state index is 12.9. The molecule has 5 N–H and O–H groups in total. The van der Waals surface area contributed by atoms with E-state index in [0.29, 0.717) is 6.54 Å². The van der Waals surface area contributed by atoms with Crippen LogP contribution in [0.25, 0.3) is 0 Å². The molecule has 0 saturated heterocycles. The van der Waals surface area contributed by atoms with E-state index in [1.165, 1.54) is 12.1 Å². The van der Waals surface area contributed by atoms with Crippen LogP contribution in [0.5, 0.6) is 0 Å². The Morgan fingerprint density at radius 1 is 0.962 bits per heavy atom. The summed E-state index contributed by atoms with van der Waals surface area (Å²) in [6.07, 6.45) is 1.64. The van der Waals surface area contributed by atoms with Crippen LogP contribution >= 0.6 is 0 Å². The second kappa shape index (κ2) is 8.49. The summed E-state index contributed by atoms with van der Waals surface area (Å²) in [6, 6.07) is 15.7. The maximum Gasteiger partial charge on any atom is 0.250 e. The second-order valence-electron chi connectivity index (χ2n) is 5.23. The molecule has 0 atom stereocenters. The molecule has 0 amide bonds. The molecule has 8 nitrogen and oxygen atoms in total. The van der Waals surface area contributed by atoms with Gasteiger partial charge in [0.25, 0.3) is 0 Å². The van der Waals surface area contributed by atoms with Crippen molar-refractivity contribution in [3.8, 4) is 0 Å². The van der Waals surface area contributed by atoms with Crippen molar-refractivity contribution in [2.24, 2.45) is 5.10 Å². The van der Waals surface area contributed by atoms with Crippen LogP contribution in [0.4, 0.5) is 22.2 Å². The molecule has 0 aliphatic rings. The minimum atomic E-state index is -0.279. The van der Waals surface area contributed by atoms with Crippen LogP contribution in [0.3, 0.4) is 0 Å². The molecule has 0 spiro atoms. The normalized spacial score (nSPS) is 10.8. The van der Waals surface area contributed by atoms with Crippen molar-refractivity contribution in [3.05, 3.63) is 71.5 Å². The van der Waals surface area contributed by atoms with Gasteiger partial charge in [-0.1, -0.05) is 42.5 Å². The van der Waals surface area contributed by atoms with Gasteiger partial charge in [0.2, 0.25) is 17.8 Å². The van der Waals surface area contributed by atoms with E-state index in [2.05, 4.69) is 36.3 Å². The fourth-order valence-electron chi connectivity index (χ4n) is 2.03. The van der Waals surface area contributed by atoms with Crippen LogP contribution in [0.1, 0.15) is 11.1 Å². The quantitative estimate of drug-likeness (QED) is 0.381. The summed E-state index contributed by atoms with van der Waals surface area (Å²) >= 11 is 0. The Labute approximate surface area is 149 Å². The van der Waals surface area contributed by atoms with E-state index in [-0.39, 0.29) is 23.7 Å². The summed E-state index contributed by atoms with van der Waals surface area (Å²) in [7, 11) is 0. The number of rotatable bonds is 7. The van der Waals surface area contributed by atoms with E-state index in [1.807, 2.05) is 30.3 Å². The van der Waals surface area contributed by atoms with Crippen molar-refractivity contribution in [1.82, 2.24) is 20.4 Å². The average molecular weight is 352 g/mol. The molecule has 0 fully saturated rings. The van der Waals surface area contributed by atoms with Crippen molar-refractivity contribution in [2.45, 2.75) is 6.54 Å². The summed E-state index contributed by atoms with van der Waals surface area (Å²) in [5, 5.41) is 4.06. The van der Waals surface area contributed by atoms with Gasteiger partial charge in [0, 0.05) is 6.54 Å². The van der Waals surface area contributed by atoms with E-state index in [4.69, 9.17) is 5.73 Å². The Kier molecular flexibility index (Phi) is 5.63. The third-order valence-corrected chi connectivity index (χ3v) is 3.24. The van der Waals surface area contributed by atoms with Gasteiger partial charge in [-0.25, -0.2) is 15.2 Å². The molecule has 0 aliphatic heterocycles. The van der Waals surface area contributed by atoms with Gasteiger partial charge in [-0.2, -0.15) is 20.1 Å². The molecule has 0 bridgehead atoms. The number of hydrazone groups is 1. The highest BCUT2D eigenvalue weighted by Gasteiger charge is 2.03. The lowest BCUT2D eigenvalue weighted by atomic mass is 10.2. The van der Waals surface area contributed by atoms with Gasteiger partial charge < -0.3 is 5.73 Å². The minimum Gasteiger partial charge on any atom is -0.368 e. The largest absolute Gasteiger partial charge is 0.368 e. The first-order chi connectivity index (χ1) is 12.7. The van der Waals surface area contributed by atoms with Crippen LogP contribution in [-0.2, 0) is 6.54 Å². The monoisotopic (exact) mass is 352 g/mol. The van der Waals surface area contributed by atoms with Crippen molar-refractivity contribution >= 4 is 24.1 Å². The molecule has 132 valence electrons. The number of hydrogen-bond donors (Lipinski definition) is 4. The van der Waals surface area contributed by atoms with Crippen molar-refractivity contribution in [1.29, 1.82) is 0 Å². The molecular weight excluding hydrogens is 335 g/mol. The van der Waals surface area contributed by atoms with Gasteiger partial charge in [0.05, 0.1) is 6.21 Å². The van der Waals surface area contributed by atoms with Gasteiger partial charge in [0.1, 0.15) is 5.82 Å². The number of hydrazine groups is 1. The van der Waals surface area contributed by atoms with Gasteiger partial charge in [0.15, 0.2) is 0 Å². The highest BCUT2D eigenvalue weighted by Crippen LogP contribution is 2.07. The van der Waals surface area contributed by atoms with E-state index in [1.54, 1.807) is 18.3 Å². The van der Waals surface area contributed by atoms with Crippen LogP contribution in [0.15, 0.2) is 59.7 Å². The number of anilines is 3. The number of aromatic nitrogens is 3. The summed E-state index contributed by atoms with van der Waals surface area (Å²) in [4.78, 5) is 12.1. The third-order valence-electron chi connectivity index (χ3n) is 3.24. The Morgan fingerprint density at radius 3 is 2.46 bits per heavy atom. The topological polar surface area (TPSA) is 113 Å². The fourth-order valence-corrected chi connectivity index (χ4v) is 2.03. The predicted molar refractivity (Wildman–Crippen MR) is 98.8 cm³/mol. The lowest BCUT2D eigenvalue weighted by Crippen LogP contribution is -2.23. The summed E-state index contributed by atoms with van der Waals surface area (Å²) in [5.74, 6) is 0.204. The first-order valence-electron chi connectivity index (χ1n) is 7.78. The lowest BCUT2D eigenvalue weighted by Gasteiger charge is -2.08. The molecule has 0 saturated carbocycles. The standard InChI is InChI=1S/C17H17FN8/c18-14-8-6-13(7-9-14)11-21-26-17-23-15(19)22-16(24-17)25-20-10-12-4-2-1-3-5-12/h1-10,21H,11H2,(H4,19,22,23,24,25,26). The Hall–Kier alpha value is -3.59. The number of nitrogens with zero attached hydrogens (tertiary/aromatic N) is 4. The number of nitrogens with two attached hydrogens (primary N) is 1. The molecule has 3 aromatic rings. The molecule has 0 aliphatic carbocycles. The maximum atomic E-state index is 12.9. The molecule has 2 aromatic carbocycles. The van der Waals surface area contributed by atoms with Gasteiger partial charge in [-0.3, -0.25) is 5.43 Å². The number of nitrogens with one attached hydrogen (secondary N) is 3. The molecule has 0 unspecified atom stereocenters. The van der Waals surface area contributed by atoms with Crippen LogP contribution < -0.4 is 22.0 Å². The van der Waals surface area contributed by atoms with Crippen molar-refractivity contribution in [2.75, 3.05) is 16.6 Å². The fraction of sp³-hybridized carbons (Fsp3) is 0.0588. The molecule has 3 rings (SSSR count). The van der Waals surface area contributed by atoms with Crippen molar-refractivity contribution < 1.29 is 4.39 Å². The Bertz CT molecular complexity index is 868. The van der Waals surface area contributed by atoms with E-state index in [9.17, 15) is 4.39 Å². The molecule has 26 heavy (non-hydrogen) atoms. The second-order valence-corrected chi connectivity index (χ2v) is 5.23. The van der Waals surface area contributed by atoms with Crippen LogP contribution in [-0.4, -0.2) is 21.2 Å². The smallest absolute Gasteiger partial charge is 0.250 e. The molecule has 0 radical (unpaired) electrons. The van der Waals surface area contributed by atoms with E-state index < -0.39 is 0 Å². The summed E-state index contributed by atoms with van der Waals surface area (Å²) in [6.45, 7) is 0.445. The molecule has 1 aromatic heterocycles. The molecular formula is C17H17FN8. The number of benzene rings is 2. The van der Waals surface area contributed by atoms with Gasteiger partial charge >= 0.3 is 0 Å². The molecule has 1 heterocycles. The summed E-state index contributed by atoms with van der Waals surface area (Å²) in [5.41, 5.74) is 16.0. The zero-order chi connectivity index (χ0) is 18.2. The summed E-state index contributed by atoms with van der Waals surface area (Å²) < 4.78 is 12.9. The van der Waals surface area contributed by atoms with E-state index in [0.717, 1.165) is 11.1 Å². The van der Waals surface area contributed by atoms with Crippen LogP contribution in [0.2, 0.25) is 0 Å². The predicted octanol–water partition coefficient (Wildman–Crippen LogP) is 2.16. The van der Waals surface area contributed by atoms with E-state index >= 15 is 0 Å². The SMILES string of the molecule is Nc1nc(NN=Cc2ccccc2)nc(NNCc2ccc(F)cc2)n1. The average Bonchev–Trinajstić information content (AvgIpc) is 2.64. The zero-order valence-corrected chi connectivity index (χ0v) is 13.7. The highest BCUT2D eigenvalue weighted by molar-refractivity contribution is 5.79.